The van der Waals surface area contributed by atoms with Gasteiger partial charge in [0.15, 0.2) is 0 Å². The Balaban J connectivity index is 1.75. The van der Waals surface area contributed by atoms with Crippen molar-refractivity contribution in [3.8, 4) is 0 Å². The second-order valence-corrected chi connectivity index (χ2v) is 4.79. The van der Waals surface area contributed by atoms with Gasteiger partial charge in [0.05, 0.1) is 29.9 Å². The first-order valence-electron chi connectivity index (χ1n) is 6.58. The summed E-state index contributed by atoms with van der Waals surface area (Å²) in [7, 11) is 2.02. The topological polar surface area (TPSA) is 50.3 Å². The summed E-state index contributed by atoms with van der Waals surface area (Å²) in [5.74, 6) is 0.882. The molecule has 1 atom stereocenters. The van der Waals surface area contributed by atoms with Gasteiger partial charge in [-0.3, -0.25) is 4.98 Å². The first-order chi connectivity index (χ1) is 9.33. The molecule has 0 bridgehead atoms. The van der Waals surface area contributed by atoms with Gasteiger partial charge in [-0.05, 0) is 12.1 Å². The standard InChI is InChI=1S/C14H18N4O/c1-18(10-11-8-15-6-7-19-11)14-9-16-12-4-2-3-5-13(12)17-14/h2-5,9,11,15H,6-8,10H2,1H3. The second kappa shape index (κ2) is 5.50. The summed E-state index contributed by atoms with van der Waals surface area (Å²) in [4.78, 5) is 11.2. The van der Waals surface area contributed by atoms with Crippen LogP contribution < -0.4 is 10.2 Å². The maximum atomic E-state index is 5.71. The smallest absolute Gasteiger partial charge is 0.147 e. The van der Waals surface area contributed by atoms with Crippen LogP contribution in [0.3, 0.4) is 0 Å². The highest BCUT2D eigenvalue weighted by molar-refractivity contribution is 5.75. The van der Waals surface area contributed by atoms with Crippen molar-refractivity contribution in [1.29, 1.82) is 0 Å². The predicted octanol–water partition coefficient (Wildman–Crippen LogP) is 1.05. The van der Waals surface area contributed by atoms with Crippen molar-refractivity contribution in [1.82, 2.24) is 15.3 Å². The van der Waals surface area contributed by atoms with Crippen LogP contribution in [-0.4, -0.2) is 49.4 Å². The van der Waals surface area contributed by atoms with Crippen molar-refractivity contribution in [3.63, 3.8) is 0 Å². The maximum absolute atomic E-state index is 5.71. The van der Waals surface area contributed by atoms with Crippen molar-refractivity contribution in [2.75, 3.05) is 38.2 Å². The Morgan fingerprint density at radius 3 is 3.00 bits per heavy atom. The average molecular weight is 258 g/mol. The van der Waals surface area contributed by atoms with Gasteiger partial charge in [-0.15, -0.1) is 0 Å². The summed E-state index contributed by atoms with van der Waals surface area (Å²) in [6.45, 7) is 3.43. The van der Waals surface area contributed by atoms with E-state index >= 15 is 0 Å². The number of benzene rings is 1. The summed E-state index contributed by atoms with van der Waals surface area (Å²) in [6.07, 6.45) is 2.03. The summed E-state index contributed by atoms with van der Waals surface area (Å²) >= 11 is 0. The van der Waals surface area contributed by atoms with Crippen LogP contribution in [-0.2, 0) is 4.74 Å². The van der Waals surface area contributed by atoms with Crippen LogP contribution in [0.1, 0.15) is 0 Å². The predicted molar refractivity (Wildman–Crippen MR) is 75.4 cm³/mol. The average Bonchev–Trinajstić information content (AvgIpc) is 2.48. The second-order valence-electron chi connectivity index (χ2n) is 4.79. The highest BCUT2D eigenvalue weighted by Gasteiger charge is 2.16. The Bertz CT molecular complexity index is 554. The minimum Gasteiger partial charge on any atom is -0.374 e. The van der Waals surface area contributed by atoms with Gasteiger partial charge < -0.3 is 15.0 Å². The number of hydrogen-bond donors (Lipinski definition) is 1. The van der Waals surface area contributed by atoms with Gasteiger partial charge in [0.25, 0.3) is 0 Å². The largest absolute Gasteiger partial charge is 0.374 e. The van der Waals surface area contributed by atoms with Crippen molar-refractivity contribution in [2.45, 2.75) is 6.10 Å². The molecule has 0 saturated carbocycles. The van der Waals surface area contributed by atoms with Gasteiger partial charge >= 0.3 is 0 Å². The van der Waals surface area contributed by atoms with Gasteiger partial charge in [-0.25, -0.2) is 4.98 Å². The number of para-hydroxylation sites is 2. The Hall–Kier alpha value is -1.72. The lowest BCUT2D eigenvalue weighted by Gasteiger charge is -2.28. The Kier molecular flexibility index (Phi) is 3.57. The van der Waals surface area contributed by atoms with E-state index in [1.165, 1.54) is 0 Å². The lowest BCUT2D eigenvalue weighted by atomic mass is 10.3. The number of morpholine rings is 1. The van der Waals surface area contributed by atoms with Gasteiger partial charge in [0.2, 0.25) is 0 Å². The molecule has 1 N–H and O–H groups in total. The molecular weight excluding hydrogens is 240 g/mol. The maximum Gasteiger partial charge on any atom is 0.147 e. The van der Waals surface area contributed by atoms with Crippen molar-refractivity contribution >= 4 is 16.9 Å². The zero-order valence-corrected chi connectivity index (χ0v) is 11.0. The molecule has 0 radical (unpaired) electrons. The molecule has 1 aromatic carbocycles. The summed E-state index contributed by atoms with van der Waals surface area (Å²) in [5, 5.41) is 3.33. The third-order valence-electron chi connectivity index (χ3n) is 3.31. The third-order valence-corrected chi connectivity index (χ3v) is 3.31. The Morgan fingerprint density at radius 2 is 2.21 bits per heavy atom. The fourth-order valence-electron chi connectivity index (χ4n) is 2.27. The van der Waals surface area contributed by atoms with Crippen molar-refractivity contribution in [3.05, 3.63) is 30.5 Å². The van der Waals surface area contributed by atoms with Crippen LogP contribution >= 0.6 is 0 Å². The molecular formula is C14H18N4O. The molecule has 1 unspecified atom stereocenters. The molecule has 0 amide bonds. The van der Waals surface area contributed by atoms with E-state index in [-0.39, 0.29) is 6.10 Å². The molecule has 5 nitrogen and oxygen atoms in total. The molecule has 2 heterocycles. The molecule has 1 aliphatic rings. The highest BCUT2D eigenvalue weighted by Crippen LogP contribution is 2.14. The third kappa shape index (κ3) is 2.83. The van der Waals surface area contributed by atoms with Crippen LogP contribution in [0.2, 0.25) is 0 Å². The highest BCUT2D eigenvalue weighted by atomic mass is 16.5. The minimum absolute atomic E-state index is 0.215. The SMILES string of the molecule is CN(CC1CNCCO1)c1cnc2ccccc2n1. The van der Waals surface area contributed by atoms with Crippen LogP contribution in [0, 0.1) is 0 Å². The molecule has 1 saturated heterocycles. The van der Waals surface area contributed by atoms with E-state index in [9.17, 15) is 0 Å². The molecule has 1 aliphatic heterocycles. The summed E-state index contributed by atoms with van der Waals surface area (Å²) in [5.41, 5.74) is 1.85. The van der Waals surface area contributed by atoms with Gasteiger partial charge in [0.1, 0.15) is 5.82 Å². The number of likely N-dealkylation sites (N-methyl/N-ethyl adjacent to an activating group) is 1. The number of fused-ring (bicyclic) bond motifs is 1. The Labute approximate surface area is 112 Å². The first kappa shape index (κ1) is 12.3. The van der Waals surface area contributed by atoms with E-state index in [2.05, 4.69) is 20.2 Å². The van der Waals surface area contributed by atoms with E-state index in [0.29, 0.717) is 0 Å². The van der Waals surface area contributed by atoms with Gasteiger partial charge in [-0.2, -0.15) is 0 Å². The van der Waals surface area contributed by atoms with Gasteiger partial charge in [-0.1, -0.05) is 12.1 Å². The van der Waals surface area contributed by atoms with Crippen molar-refractivity contribution in [2.24, 2.45) is 0 Å². The lowest BCUT2D eigenvalue weighted by molar-refractivity contribution is 0.0339. The number of nitrogens with zero attached hydrogens (tertiary/aromatic N) is 3. The van der Waals surface area contributed by atoms with Crippen molar-refractivity contribution < 1.29 is 4.74 Å². The van der Waals surface area contributed by atoms with Crippen LogP contribution in [0.25, 0.3) is 11.0 Å². The van der Waals surface area contributed by atoms with Crippen LogP contribution in [0.5, 0.6) is 0 Å². The van der Waals surface area contributed by atoms with Crippen LogP contribution in [0.15, 0.2) is 30.5 Å². The number of ether oxygens (including phenoxy) is 1. The minimum atomic E-state index is 0.215. The molecule has 3 rings (SSSR count). The quantitative estimate of drug-likeness (QED) is 0.892. The Morgan fingerprint density at radius 1 is 1.37 bits per heavy atom. The fraction of sp³-hybridized carbons (Fsp3) is 0.429. The summed E-state index contributed by atoms with van der Waals surface area (Å²) in [6, 6.07) is 7.91. The number of rotatable bonds is 3. The summed E-state index contributed by atoms with van der Waals surface area (Å²) < 4.78 is 5.71. The van der Waals surface area contributed by atoms with E-state index < -0.39 is 0 Å². The molecule has 0 aliphatic carbocycles. The van der Waals surface area contributed by atoms with E-state index in [4.69, 9.17) is 4.74 Å². The molecule has 0 spiro atoms. The molecule has 100 valence electrons. The van der Waals surface area contributed by atoms with Crippen LogP contribution in [0.4, 0.5) is 5.82 Å². The number of nitrogens with one attached hydrogen (secondary N) is 1. The number of hydrogen-bond acceptors (Lipinski definition) is 5. The molecule has 19 heavy (non-hydrogen) atoms. The lowest BCUT2D eigenvalue weighted by Crippen LogP contribution is -2.44. The first-order valence-corrected chi connectivity index (χ1v) is 6.58. The zero-order chi connectivity index (χ0) is 13.1. The van der Waals surface area contributed by atoms with Gasteiger partial charge in [0, 0.05) is 26.7 Å². The molecule has 1 aromatic heterocycles. The number of aromatic nitrogens is 2. The normalized spacial score (nSPS) is 19.5. The fourth-order valence-corrected chi connectivity index (χ4v) is 2.27. The van der Waals surface area contributed by atoms with E-state index in [1.807, 2.05) is 37.5 Å². The molecule has 2 aromatic rings. The molecule has 5 heteroatoms. The van der Waals surface area contributed by atoms with E-state index in [1.54, 1.807) is 0 Å². The monoisotopic (exact) mass is 258 g/mol. The number of anilines is 1. The molecule has 1 fully saturated rings. The zero-order valence-electron chi connectivity index (χ0n) is 11.0. The van der Waals surface area contributed by atoms with E-state index in [0.717, 1.165) is 43.1 Å².